The molecule has 1 aliphatic rings. The van der Waals surface area contributed by atoms with Gasteiger partial charge in [-0.05, 0) is 13.8 Å². The van der Waals surface area contributed by atoms with E-state index in [0.717, 1.165) is 6.08 Å². The Morgan fingerprint density at radius 3 is 1.74 bits per heavy atom. The molecule has 0 amide bonds. The van der Waals surface area contributed by atoms with Gasteiger partial charge in [0.1, 0.15) is 12.7 Å². The summed E-state index contributed by atoms with van der Waals surface area (Å²) < 4.78 is 18.0. The van der Waals surface area contributed by atoms with Crippen molar-refractivity contribution >= 4 is 17.9 Å². The van der Waals surface area contributed by atoms with Crippen molar-refractivity contribution in [3.63, 3.8) is 0 Å². The molecule has 0 aromatic rings. The third-order valence-electron chi connectivity index (χ3n) is 2.05. The number of ether oxygens (including phenoxy) is 4. The Balaban J connectivity index is 0. The van der Waals surface area contributed by atoms with E-state index in [1.165, 1.54) is 14.2 Å². The summed E-state index contributed by atoms with van der Waals surface area (Å²) in [5.74, 6) is -1.08. The Hall–Kier alpha value is -2.41. The molecule has 1 atom stereocenters. The summed E-state index contributed by atoms with van der Waals surface area (Å²) in [5, 5.41) is 0. The molecule has 1 unspecified atom stereocenters. The van der Waals surface area contributed by atoms with E-state index in [4.69, 9.17) is 9.47 Å². The van der Waals surface area contributed by atoms with Crippen molar-refractivity contribution in [3.8, 4) is 0 Å². The first-order valence-electron chi connectivity index (χ1n) is 6.57. The fourth-order valence-corrected chi connectivity index (χ4v) is 0.714. The maximum atomic E-state index is 10.7. The van der Waals surface area contributed by atoms with E-state index in [0.29, 0.717) is 24.4 Å². The minimum Gasteiger partial charge on any atom is -0.466 e. The molecule has 23 heavy (non-hydrogen) atoms. The molecule has 1 saturated heterocycles. The van der Waals surface area contributed by atoms with Gasteiger partial charge in [0.2, 0.25) is 0 Å². The predicted octanol–water partition coefficient (Wildman–Crippen LogP) is 1.59. The monoisotopic (exact) mass is 328 g/mol. The molecule has 0 aromatic carbocycles. The molecule has 1 heterocycles. The Labute approximate surface area is 136 Å². The van der Waals surface area contributed by atoms with Gasteiger partial charge in [0, 0.05) is 17.2 Å². The topological polar surface area (TPSA) is 91.4 Å². The van der Waals surface area contributed by atoms with Crippen LogP contribution in [0.5, 0.6) is 0 Å². The Morgan fingerprint density at radius 2 is 1.57 bits per heavy atom. The molecule has 0 aliphatic carbocycles. The van der Waals surface area contributed by atoms with E-state index in [1.807, 2.05) is 0 Å². The molecule has 7 heteroatoms. The van der Waals surface area contributed by atoms with Crippen molar-refractivity contribution in [1.82, 2.24) is 0 Å². The van der Waals surface area contributed by atoms with Crippen molar-refractivity contribution in [2.75, 3.05) is 27.4 Å². The van der Waals surface area contributed by atoms with Crippen LogP contribution in [-0.2, 0) is 33.3 Å². The van der Waals surface area contributed by atoms with Gasteiger partial charge in [0.05, 0.1) is 20.8 Å². The molecule has 1 fully saturated rings. The largest absolute Gasteiger partial charge is 0.466 e. The molecule has 1 aliphatic heterocycles. The van der Waals surface area contributed by atoms with Crippen molar-refractivity contribution < 1.29 is 33.3 Å². The Kier molecular flexibility index (Phi) is 13.2. The second-order valence-electron chi connectivity index (χ2n) is 4.33. The Morgan fingerprint density at radius 1 is 1.09 bits per heavy atom. The molecule has 0 radical (unpaired) electrons. The van der Waals surface area contributed by atoms with Crippen LogP contribution in [0.4, 0.5) is 0 Å². The molecule has 1 rings (SSSR count). The number of esters is 3. The van der Waals surface area contributed by atoms with Gasteiger partial charge in [-0.25, -0.2) is 14.4 Å². The number of carbonyl (C=O) groups is 3. The summed E-state index contributed by atoms with van der Waals surface area (Å²) in [6.45, 7) is 14.2. The van der Waals surface area contributed by atoms with E-state index < -0.39 is 5.97 Å². The van der Waals surface area contributed by atoms with Crippen molar-refractivity contribution in [2.24, 2.45) is 0 Å². The van der Waals surface area contributed by atoms with Gasteiger partial charge in [0.25, 0.3) is 0 Å². The molecule has 0 aromatic heterocycles. The summed E-state index contributed by atoms with van der Waals surface area (Å²) in [6.07, 6.45) is 1.25. The van der Waals surface area contributed by atoms with E-state index >= 15 is 0 Å². The average Bonchev–Trinajstić information content (AvgIpc) is 3.36. The fourth-order valence-electron chi connectivity index (χ4n) is 0.714. The van der Waals surface area contributed by atoms with Crippen LogP contribution in [-0.4, -0.2) is 51.4 Å². The molecule has 0 bridgehead atoms. The van der Waals surface area contributed by atoms with Gasteiger partial charge in [-0.2, -0.15) is 0 Å². The lowest BCUT2D eigenvalue weighted by Gasteiger charge is -1.99. The standard InChI is InChI=1S/C7H10O3.C5H8O2.C4H6O2/c1-5(2)7(8)10-4-6-3-9-6;1-4(2)5(6)7-3;1-3-4(5)6-2/h6H,1,3-4H2,2H3;1H2,2-3H3;3H,1H2,2H3. The first-order chi connectivity index (χ1) is 10.7. The number of carbonyl (C=O) groups excluding carboxylic acids is 3. The minimum absolute atomic E-state index is 0.142. The van der Waals surface area contributed by atoms with Gasteiger partial charge >= 0.3 is 17.9 Å². The molecule has 7 nitrogen and oxygen atoms in total. The minimum atomic E-state index is -0.394. The smallest absolute Gasteiger partial charge is 0.333 e. The first kappa shape index (κ1) is 22.9. The van der Waals surface area contributed by atoms with E-state index in [-0.39, 0.29) is 18.0 Å². The molecule has 0 spiro atoms. The van der Waals surface area contributed by atoms with Gasteiger partial charge in [-0.3, -0.25) is 0 Å². The summed E-state index contributed by atoms with van der Waals surface area (Å²) in [6, 6.07) is 0. The summed E-state index contributed by atoms with van der Waals surface area (Å²) in [7, 11) is 2.64. The van der Waals surface area contributed by atoms with Crippen molar-refractivity contribution in [2.45, 2.75) is 20.0 Å². The zero-order valence-electron chi connectivity index (χ0n) is 14.0. The van der Waals surface area contributed by atoms with Crippen LogP contribution in [0.15, 0.2) is 37.0 Å². The van der Waals surface area contributed by atoms with Crippen LogP contribution >= 0.6 is 0 Å². The van der Waals surface area contributed by atoms with Crippen LogP contribution in [0.1, 0.15) is 13.8 Å². The zero-order valence-corrected chi connectivity index (χ0v) is 14.0. The van der Waals surface area contributed by atoms with Crippen LogP contribution in [0.3, 0.4) is 0 Å². The highest BCUT2D eigenvalue weighted by Gasteiger charge is 2.24. The molecule has 0 N–H and O–H groups in total. The van der Waals surface area contributed by atoms with E-state index in [2.05, 4.69) is 29.2 Å². The van der Waals surface area contributed by atoms with Crippen LogP contribution in [0.2, 0.25) is 0 Å². The molecular formula is C16H24O7. The van der Waals surface area contributed by atoms with E-state index in [1.54, 1.807) is 13.8 Å². The second-order valence-corrected chi connectivity index (χ2v) is 4.33. The quantitative estimate of drug-likeness (QED) is 0.327. The third kappa shape index (κ3) is 15.8. The molecule has 0 saturated carbocycles. The van der Waals surface area contributed by atoms with Crippen molar-refractivity contribution in [3.05, 3.63) is 37.0 Å². The van der Waals surface area contributed by atoms with Gasteiger partial charge in [-0.15, -0.1) is 0 Å². The van der Waals surface area contributed by atoms with Crippen LogP contribution in [0.25, 0.3) is 0 Å². The highest BCUT2D eigenvalue weighted by atomic mass is 16.6. The predicted molar refractivity (Wildman–Crippen MR) is 84.6 cm³/mol. The number of rotatable bonds is 5. The van der Waals surface area contributed by atoms with E-state index in [9.17, 15) is 14.4 Å². The first-order valence-corrected chi connectivity index (χ1v) is 6.57. The van der Waals surface area contributed by atoms with Gasteiger partial charge < -0.3 is 18.9 Å². The highest BCUT2D eigenvalue weighted by molar-refractivity contribution is 5.87. The molecule has 130 valence electrons. The summed E-state index contributed by atoms with van der Waals surface area (Å²) in [5.41, 5.74) is 0.864. The number of hydrogen-bond acceptors (Lipinski definition) is 7. The number of epoxide rings is 1. The lowest BCUT2D eigenvalue weighted by molar-refractivity contribution is -0.139. The van der Waals surface area contributed by atoms with Crippen molar-refractivity contribution in [1.29, 1.82) is 0 Å². The second kappa shape index (κ2) is 13.3. The average molecular weight is 328 g/mol. The number of methoxy groups -OCH3 is 2. The fraction of sp³-hybridized carbons (Fsp3) is 0.438. The number of hydrogen-bond donors (Lipinski definition) is 0. The summed E-state index contributed by atoms with van der Waals surface area (Å²) >= 11 is 0. The van der Waals surface area contributed by atoms with Gasteiger partial charge in [-0.1, -0.05) is 19.7 Å². The highest BCUT2D eigenvalue weighted by Crippen LogP contribution is 2.09. The van der Waals surface area contributed by atoms with Crippen LogP contribution < -0.4 is 0 Å². The SMILES string of the molecule is C=C(C)C(=O)OC.C=C(C)C(=O)OCC1CO1.C=CC(=O)OC. The lowest BCUT2D eigenvalue weighted by Crippen LogP contribution is -2.09. The zero-order chi connectivity index (χ0) is 18.4. The molecular weight excluding hydrogens is 304 g/mol. The van der Waals surface area contributed by atoms with Gasteiger partial charge in [0.15, 0.2) is 0 Å². The van der Waals surface area contributed by atoms with Crippen LogP contribution in [0, 0.1) is 0 Å². The third-order valence-corrected chi connectivity index (χ3v) is 2.05. The normalized spacial score (nSPS) is 13.7. The Bertz CT molecular complexity index is 447. The maximum absolute atomic E-state index is 10.7. The maximum Gasteiger partial charge on any atom is 0.333 e. The summed E-state index contributed by atoms with van der Waals surface area (Å²) in [4.78, 5) is 30.7. The lowest BCUT2D eigenvalue weighted by atomic mass is 10.4.